The number of rotatable bonds is 7. The van der Waals surface area contributed by atoms with E-state index in [1.54, 1.807) is 23.2 Å². The molecule has 2 aromatic rings. The molecule has 0 bridgehead atoms. The number of hydrogen-bond acceptors (Lipinski definition) is 6. The van der Waals surface area contributed by atoms with E-state index in [-0.39, 0.29) is 36.2 Å². The fraction of sp³-hybridized carbons (Fsp3) is 0.522. The van der Waals surface area contributed by atoms with Crippen LogP contribution in [-0.2, 0) is 13.0 Å². The normalized spacial score (nSPS) is 21.2. The number of anilines is 1. The highest BCUT2D eigenvalue weighted by Gasteiger charge is 2.35. The molecule has 1 aromatic carbocycles. The third-order valence-electron chi connectivity index (χ3n) is 6.31. The third kappa shape index (κ3) is 6.11. The van der Waals surface area contributed by atoms with Crippen LogP contribution in [0.15, 0.2) is 30.5 Å². The fourth-order valence-corrected chi connectivity index (χ4v) is 4.44. The fourth-order valence-electron chi connectivity index (χ4n) is 4.44. The molecule has 0 radical (unpaired) electrons. The second-order valence-electron chi connectivity index (χ2n) is 8.94. The number of nitrogens with one attached hydrogen (secondary N) is 2. The van der Waals surface area contributed by atoms with Crippen LogP contribution in [0.2, 0.25) is 0 Å². The summed E-state index contributed by atoms with van der Waals surface area (Å²) >= 11 is 0. The maximum absolute atomic E-state index is 13.1. The first kappa shape index (κ1) is 25.0. The molecule has 1 fully saturated rings. The van der Waals surface area contributed by atoms with Gasteiger partial charge in [0.1, 0.15) is 5.75 Å². The van der Waals surface area contributed by atoms with Crippen molar-refractivity contribution in [3.05, 3.63) is 47.3 Å². The van der Waals surface area contributed by atoms with Crippen molar-refractivity contribution in [1.82, 2.24) is 25.1 Å². The quantitative estimate of drug-likeness (QED) is 0.573. The monoisotopic (exact) mass is 496 g/mol. The molecule has 3 unspecified atom stereocenters. The lowest BCUT2D eigenvalue weighted by atomic mass is 9.94. The average molecular weight is 497 g/mol. The van der Waals surface area contributed by atoms with E-state index in [9.17, 15) is 22.4 Å². The van der Waals surface area contributed by atoms with E-state index in [1.165, 1.54) is 19.1 Å². The number of nitrogens with zero attached hydrogens (tertiary/aromatic N) is 4. The minimum atomic E-state index is -2.88. The lowest BCUT2D eigenvalue weighted by Crippen LogP contribution is -2.49. The summed E-state index contributed by atoms with van der Waals surface area (Å²) in [5, 5.41) is 5.69. The number of likely N-dealkylation sites (tertiary alicyclic amines) is 1. The van der Waals surface area contributed by atoms with E-state index < -0.39 is 19.1 Å². The van der Waals surface area contributed by atoms with Gasteiger partial charge in [0.2, 0.25) is 5.95 Å². The second kappa shape index (κ2) is 10.6. The maximum atomic E-state index is 13.1. The number of ether oxygens (including phenoxy) is 1. The van der Waals surface area contributed by atoms with Gasteiger partial charge >= 0.3 is 12.6 Å². The molecule has 12 heteroatoms. The third-order valence-corrected chi connectivity index (χ3v) is 6.31. The summed E-state index contributed by atoms with van der Waals surface area (Å²) in [4.78, 5) is 25.3. The van der Waals surface area contributed by atoms with Crippen molar-refractivity contribution in [3.63, 3.8) is 0 Å². The predicted octanol–water partition coefficient (Wildman–Crippen LogP) is 3.31. The van der Waals surface area contributed by atoms with Crippen LogP contribution in [0.3, 0.4) is 0 Å². The molecular weight excluding hydrogens is 468 g/mol. The van der Waals surface area contributed by atoms with Gasteiger partial charge in [-0.25, -0.2) is 23.5 Å². The molecular formula is C23H28F4N6O2. The van der Waals surface area contributed by atoms with Gasteiger partial charge in [-0.05, 0) is 43.7 Å². The first-order valence-corrected chi connectivity index (χ1v) is 11.4. The minimum absolute atomic E-state index is 0.0180. The first-order chi connectivity index (χ1) is 16.7. The Morgan fingerprint density at radius 1 is 1.17 bits per heavy atom. The van der Waals surface area contributed by atoms with Crippen molar-refractivity contribution in [1.29, 1.82) is 0 Å². The maximum Gasteiger partial charge on any atom is 0.387 e. The van der Waals surface area contributed by atoms with Crippen LogP contribution in [0.4, 0.5) is 28.3 Å². The Kier molecular flexibility index (Phi) is 7.58. The van der Waals surface area contributed by atoms with Crippen LogP contribution in [0.25, 0.3) is 0 Å². The highest BCUT2D eigenvalue weighted by molar-refractivity contribution is 5.75. The molecule has 35 heavy (non-hydrogen) atoms. The van der Waals surface area contributed by atoms with Gasteiger partial charge in [0, 0.05) is 31.7 Å². The number of fused-ring (bicyclic) bond motifs is 1. The summed E-state index contributed by atoms with van der Waals surface area (Å²) in [5.74, 6) is 0.174. The Morgan fingerprint density at radius 2 is 1.91 bits per heavy atom. The zero-order valence-corrected chi connectivity index (χ0v) is 19.4. The zero-order chi connectivity index (χ0) is 25.1. The van der Waals surface area contributed by atoms with Gasteiger partial charge in [0.15, 0.2) is 0 Å². The van der Waals surface area contributed by atoms with Crippen molar-refractivity contribution in [2.24, 2.45) is 0 Å². The number of benzene rings is 1. The van der Waals surface area contributed by atoms with Crippen molar-refractivity contribution in [2.45, 2.75) is 50.9 Å². The molecule has 2 aliphatic rings. The van der Waals surface area contributed by atoms with Crippen LogP contribution >= 0.6 is 0 Å². The summed E-state index contributed by atoms with van der Waals surface area (Å²) in [6, 6.07) is 4.97. The van der Waals surface area contributed by atoms with Gasteiger partial charge in [-0.3, -0.25) is 0 Å². The SMILES string of the molecule is CC(Nc1ncc2c(n1)CN(C(=O)NC1CN(C)CC1c1ccc(OC(F)F)cc1)CC2)C(F)F. The van der Waals surface area contributed by atoms with Gasteiger partial charge in [0.25, 0.3) is 6.43 Å². The van der Waals surface area contributed by atoms with E-state index in [0.29, 0.717) is 31.7 Å². The summed E-state index contributed by atoms with van der Waals surface area (Å²) in [6.07, 6.45) is -0.378. The lowest BCUT2D eigenvalue weighted by molar-refractivity contribution is -0.0498. The summed E-state index contributed by atoms with van der Waals surface area (Å²) in [5.41, 5.74) is 2.43. The smallest absolute Gasteiger partial charge is 0.387 e. The van der Waals surface area contributed by atoms with Crippen molar-refractivity contribution in [2.75, 3.05) is 32.0 Å². The van der Waals surface area contributed by atoms with Crippen LogP contribution < -0.4 is 15.4 Å². The molecule has 2 aliphatic heterocycles. The lowest BCUT2D eigenvalue weighted by Gasteiger charge is -2.30. The molecule has 190 valence electrons. The number of hydrogen-bond donors (Lipinski definition) is 2. The molecule has 1 saturated heterocycles. The topological polar surface area (TPSA) is 82.6 Å². The molecule has 1 aromatic heterocycles. The highest BCUT2D eigenvalue weighted by atomic mass is 19.3. The van der Waals surface area contributed by atoms with Crippen molar-refractivity contribution < 1.29 is 27.1 Å². The van der Waals surface area contributed by atoms with Crippen molar-refractivity contribution >= 4 is 12.0 Å². The molecule has 0 spiro atoms. The standard InChI is InChI=1S/C23H28F4N6O2/c1-13(20(24)25)29-22-28-9-15-7-8-33(12-18(15)30-22)23(34)31-19-11-32(2)10-17(19)14-3-5-16(6-4-14)35-21(26)27/h3-6,9,13,17,19-21H,7-8,10-12H2,1-2H3,(H,31,34)(H,28,29,30). The van der Waals surface area contributed by atoms with Gasteiger partial charge in [-0.15, -0.1) is 0 Å². The van der Waals surface area contributed by atoms with Crippen LogP contribution in [0, 0.1) is 0 Å². The van der Waals surface area contributed by atoms with E-state index >= 15 is 0 Å². The van der Waals surface area contributed by atoms with Crippen LogP contribution in [-0.4, -0.2) is 77.6 Å². The molecule has 3 atom stereocenters. The Bertz CT molecular complexity index is 1030. The van der Waals surface area contributed by atoms with Gasteiger partial charge in [-0.2, -0.15) is 8.78 Å². The minimum Gasteiger partial charge on any atom is -0.435 e. The largest absolute Gasteiger partial charge is 0.435 e. The van der Waals surface area contributed by atoms with Gasteiger partial charge in [-0.1, -0.05) is 12.1 Å². The van der Waals surface area contributed by atoms with Crippen LogP contribution in [0.5, 0.6) is 5.75 Å². The summed E-state index contributed by atoms with van der Waals surface area (Å²) < 4.78 is 55.0. The number of amides is 2. The average Bonchev–Trinajstić information content (AvgIpc) is 3.18. The molecule has 0 saturated carbocycles. The summed E-state index contributed by atoms with van der Waals surface area (Å²) in [6.45, 7) is 0.529. The van der Waals surface area contributed by atoms with E-state index in [2.05, 4.69) is 30.2 Å². The van der Waals surface area contributed by atoms with E-state index in [0.717, 1.165) is 11.1 Å². The molecule has 3 heterocycles. The number of carbonyl (C=O) groups is 1. The number of urea groups is 1. The highest BCUT2D eigenvalue weighted by Crippen LogP contribution is 2.29. The number of aromatic nitrogens is 2. The number of alkyl halides is 4. The molecule has 0 aliphatic carbocycles. The first-order valence-electron chi connectivity index (χ1n) is 11.4. The Labute approximate surface area is 200 Å². The van der Waals surface area contributed by atoms with E-state index in [4.69, 9.17) is 0 Å². The molecule has 4 rings (SSSR count). The predicted molar refractivity (Wildman–Crippen MR) is 121 cm³/mol. The molecule has 2 N–H and O–H groups in total. The Balaban J connectivity index is 1.41. The Morgan fingerprint density at radius 3 is 2.60 bits per heavy atom. The second-order valence-corrected chi connectivity index (χ2v) is 8.94. The zero-order valence-electron chi connectivity index (χ0n) is 19.4. The molecule has 2 amide bonds. The molecule has 8 nitrogen and oxygen atoms in total. The number of likely N-dealkylation sites (N-methyl/N-ethyl adjacent to an activating group) is 1. The van der Waals surface area contributed by atoms with E-state index in [1.807, 2.05) is 7.05 Å². The van der Waals surface area contributed by atoms with Crippen molar-refractivity contribution in [3.8, 4) is 5.75 Å². The van der Waals surface area contributed by atoms with Crippen LogP contribution in [0.1, 0.15) is 29.7 Å². The van der Waals surface area contributed by atoms with Gasteiger partial charge < -0.3 is 25.2 Å². The number of carbonyl (C=O) groups excluding carboxylic acids is 1. The summed E-state index contributed by atoms with van der Waals surface area (Å²) in [7, 11) is 1.95. The number of halogens is 4. The van der Waals surface area contributed by atoms with Gasteiger partial charge in [0.05, 0.1) is 24.3 Å². The Hall–Kier alpha value is -3.15.